The van der Waals surface area contributed by atoms with E-state index in [2.05, 4.69) is 5.32 Å². The molecule has 0 bridgehead atoms. The molecule has 2 aromatic carbocycles. The monoisotopic (exact) mass is 325 g/mol. The number of rotatable bonds is 5. The number of carbonyl (C=O) groups is 1. The molecule has 1 aliphatic rings. The number of para-hydroxylation sites is 1. The molecule has 1 saturated heterocycles. The van der Waals surface area contributed by atoms with Crippen molar-refractivity contribution in [2.24, 2.45) is 0 Å². The van der Waals surface area contributed by atoms with E-state index in [1.807, 2.05) is 54.6 Å². The van der Waals surface area contributed by atoms with Gasteiger partial charge in [-0.1, -0.05) is 36.8 Å². The van der Waals surface area contributed by atoms with Crippen LogP contribution in [0.3, 0.4) is 0 Å². The molecule has 0 saturated carbocycles. The average molecular weight is 325 g/mol. The Morgan fingerprint density at radius 3 is 2.38 bits per heavy atom. The van der Waals surface area contributed by atoms with Crippen molar-refractivity contribution < 1.29 is 14.3 Å². The summed E-state index contributed by atoms with van der Waals surface area (Å²) in [7, 11) is 1.45. The fraction of sp³-hybridized carbons (Fsp3) is 0.350. The lowest BCUT2D eigenvalue weighted by Crippen LogP contribution is -2.42. The minimum atomic E-state index is -0.277. The Balaban J connectivity index is 1.77. The molecule has 0 aromatic heterocycles. The van der Waals surface area contributed by atoms with Crippen LogP contribution in [0.5, 0.6) is 11.5 Å². The lowest BCUT2D eigenvalue weighted by atomic mass is 9.86. The number of ether oxygens (including phenoxy) is 2. The van der Waals surface area contributed by atoms with Crippen LogP contribution in [0.4, 0.5) is 0 Å². The predicted octanol–water partition coefficient (Wildman–Crippen LogP) is 3.88. The first-order valence-corrected chi connectivity index (χ1v) is 8.42. The third-order valence-electron chi connectivity index (χ3n) is 4.42. The highest BCUT2D eigenvalue weighted by Gasteiger charge is 2.31. The number of nitrogens with one attached hydrogen (secondary N) is 1. The third-order valence-corrected chi connectivity index (χ3v) is 4.42. The van der Waals surface area contributed by atoms with Gasteiger partial charge in [0.1, 0.15) is 11.5 Å². The Labute approximate surface area is 142 Å². The van der Waals surface area contributed by atoms with Gasteiger partial charge in [0.25, 0.3) is 0 Å². The van der Waals surface area contributed by atoms with Gasteiger partial charge in [-0.3, -0.25) is 4.79 Å². The van der Waals surface area contributed by atoms with E-state index >= 15 is 0 Å². The van der Waals surface area contributed by atoms with Gasteiger partial charge in [-0.25, -0.2) is 0 Å². The molecule has 1 heterocycles. The van der Waals surface area contributed by atoms with Crippen LogP contribution in [0.2, 0.25) is 0 Å². The SMILES string of the molecule is COC(=O)C(c1ccc(Oc2ccccc2)cc1)C1CCCCN1. The molecule has 4 heteroatoms. The molecular formula is C20H23NO3. The quantitative estimate of drug-likeness (QED) is 0.848. The molecule has 1 aliphatic heterocycles. The summed E-state index contributed by atoms with van der Waals surface area (Å²) in [6.45, 7) is 0.952. The second-order valence-corrected chi connectivity index (χ2v) is 6.04. The van der Waals surface area contributed by atoms with Gasteiger partial charge >= 0.3 is 5.97 Å². The predicted molar refractivity (Wildman–Crippen MR) is 93.4 cm³/mol. The van der Waals surface area contributed by atoms with Crippen molar-refractivity contribution in [3.63, 3.8) is 0 Å². The average Bonchev–Trinajstić information content (AvgIpc) is 2.65. The molecule has 2 unspecified atom stereocenters. The van der Waals surface area contributed by atoms with Crippen molar-refractivity contribution in [2.45, 2.75) is 31.2 Å². The molecular weight excluding hydrogens is 302 g/mol. The summed E-state index contributed by atoms with van der Waals surface area (Å²) in [6, 6.07) is 17.5. The Kier molecular flexibility index (Phi) is 5.49. The van der Waals surface area contributed by atoms with Gasteiger partial charge in [-0.2, -0.15) is 0 Å². The van der Waals surface area contributed by atoms with E-state index in [0.717, 1.165) is 42.9 Å². The van der Waals surface area contributed by atoms with Gasteiger partial charge in [-0.05, 0) is 49.2 Å². The molecule has 0 radical (unpaired) electrons. The van der Waals surface area contributed by atoms with Gasteiger partial charge in [0.05, 0.1) is 13.0 Å². The Morgan fingerprint density at radius 2 is 1.75 bits per heavy atom. The fourth-order valence-corrected chi connectivity index (χ4v) is 3.19. The molecule has 1 fully saturated rings. The first-order valence-electron chi connectivity index (χ1n) is 8.42. The maximum absolute atomic E-state index is 12.3. The zero-order valence-electron chi connectivity index (χ0n) is 13.9. The molecule has 0 aliphatic carbocycles. The number of hydrogen-bond acceptors (Lipinski definition) is 4. The molecule has 24 heavy (non-hydrogen) atoms. The number of benzene rings is 2. The smallest absolute Gasteiger partial charge is 0.314 e. The first-order chi connectivity index (χ1) is 11.8. The van der Waals surface area contributed by atoms with Gasteiger partial charge in [0, 0.05) is 6.04 Å². The van der Waals surface area contributed by atoms with E-state index < -0.39 is 0 Å². The van der Waals surface area contributed by atoms with Crippen molar-refractivity contribution in [1.82, 2.24) is 5.32 Å². The van der Waals surface area contributed by atoms with Crippen LogP contribution in [0.25, 0.3) is 0 Å². The number of hydrogen-bond donors (Lipinski definition) is 1. The summed E-state index contributed by atoms with van der Waals surface area (Å²) in [4.78, 5) is 12.3. The van der Waals surface area contributed by atoms with Crippen molar-refractivity contribution in [2.75, 3.05) is 13.7 Å². The maximum Gasteiger partial charge on any atom is 0.314 e. The third kappa shape index (κ3) is 3.95. The fourth-order valence-electron chi connectivity index (χ4n) is 3.19. The minimum absolute atomic E-state index is 0.132. The molecule has 2 atom stereocenters. The summed E-state index contributed by atoms with van der Waals surface area (Å²) >= 11 is 0. The molecule has 1 N–H and O–H groups in total. The summed E-state index contributed by atoms with van der Waals surface area (Å²) in [5.74, 6) is 1.08. The van der Waals surface area contributed by atoms with Gasteiger partial charge in [0.2, 0.25) is 0 Å². The first kappa shape index (κ1) is 16.5. The number of methoxy groups -OCH3 is 1. The highest BCUT2D eigenvalue weighted by molar-refractivity contribution is 5.79. The van der Waals surface area contributed by atoms with Crippen LogP contribution < -0.4 is 10.1 Å². The van der Waals surface area contributed by atoms with E-state index in [9.17, 15) is 4.79 Å². The van der Waals surface area contributed by atoms with Crippen molar-refractivity contribution in [3.05, 3.63) is 60.2 Å². The van der Waals surface area contributed by atoms with Gasteiger partial charge < -0.3 is 14.8 Å². The number of esters is 1. The summed E-state index contributed by atoms with van der Waals surface area (Å²) in [5.41, 5.74) is 0.960. The van der Waals surface area contributed by atoms with Crippen molar-refractivity contribution in [3.8, 4) is 11.5 Å². The second kappa shape index (κ2) is 7.97. The minimum Gasteiger partial charge on any atom is -0.469 e. The van der Waals surface area contributed by atoms with Crippen LogP contribution in [0, 0.1) is 0 Å². The molecule has 2 aromatic rings. The summed E-state index contributed by atoms with van der Waals surface area (Å²) in [5, 5.41) is 3.46. The standard InChI is InChI=1S/C20H23NO3/c1-23-20(22)19(18-9-5-6-14-21-18)15-10-12-17(13-11-15)24-16-7-3-2-4-8-16/h2-4,7-8,10-13,18-19,21H,5-6,9,14H2,1H3. The van der Waals surface area contributed by atoms with Crippen LogP contribution in [0.15, 0.2) is 54.6 Å². The maximum atomic E-state index is 12.3. The van der Waals surface area contributed by atoms with Crippen LogP contribution >= 0.6 is 0 Å². The van der Waals surface area contributed by atoms with E-state index in [0.29, 0.717) is 0 Å². The van der Waals surface area contributed by atoms with Gasteiger partial charge in [0.15, 0.2) is 0 Å². The lowest BCUT2D eigenvalue weighted by molar-refractivity contribution is -0.143. The van der Waals surface area contributed by atoms with Gasteiger partial charge in [-0.15, -0.1) is 0 Å². The van der Waals surface area contributed by atoms with Crippen LogP contribution in [-0.2, 0) is 9.53 Å². The summed E-state index contributed by atoms with van der Waals surface area (Å²) in [6.07, 6.45) is 3.29. The van der Waals surface area contributed by atoms with Crippen molar-refractivity contribution >= 4 is 5.97 Å². The normalized spacial score (nSPS) is 18.6. The van der Waals surface area contributed by atoms with E-state index in [1.54, 1.807) is 0 Å². The Bertz CT molecular complexity index is 648. The zero-order chi connectivity index (χ0) is 16.8. The Morgan fingerprint density at radius 1 is 1.04 bits per heavy atom. The molecule has 4 nitrogen and oxygen atoms in total. The highest BCUT2D eigenvalue weighted by Crippen LogP contribution is 2.29. The largest absolute Gasteiger partial charge is 0.469 e. The molecule has 0 amide bonds. The second-order valence-electron chi connectivity index (χ2n) is 6.04. The molecule has 0 spiro atoms. The van der Waals surface area contributed by atoms with Crippen LogP contribution in [-0.4, -0.2) is 25.7 Å². The topological polar surface area (TPSA) is 47.6 Å². The van der Waals surface area contributed by atoms with E-state index in [1.165, 1.54) is 7.11 Å². The van der Waals surface area contributed by atoms with Crippen LogP contribution in [0.1, 0.15) is 30.7 Å². The lowest BCUT2D eigenvalue weighted by Gasteiger charge is -2.30. The van der Waals surface area contributed by atoms with E-state index in [-0.39, 0.29) is 17.9 Å². The summed E-state index contributed by atoms with van der Waals surface area (Å²) < 4.78 is 10.8. The molecule has 3 rings (SSSR count). The van der Waals surface area contributed by atoms with E-state index in [4.69, 9.17) is 9.47 Å². The number of piperidine rings is 1. The van der Waals surface area contributed by atoms with Crippen molar-refractivity contribution in [1.29, 1.82) is 0 Å². The molecule has 126 valence electrons. The Hall–Kier alpha value is -2.33. The number of carbonyl (C=O) groups excluding carboxylic acids is 1. The zero-order valence-corrected chi connectivity index (χ0v) is 13.9. The highest BCUT2D eigenvalue weighted by atomic mass is 16.5.